The number of anilines is 4. The van der Waals surface area contributed by atoms with E-state index in [2.05, 4.69) is 20.4 Å². The molecule has 220 valence electrons. The number of fused-ring (bicyclic) bond motifs is 1. The molecule has 0 bridgehead atoms. The normalized spacial score (nSPS) is 13.4. The Morgan fingerprint density at radius 1 is 0.837 bits per heavy atom. The number of hydrogen-bond donors (Lipinski definition) is 2. The lowest BCUT2D eigenvalue weighted by molar-refractivity contribution is 0.386. The summed E-state index contributed by atoms with van der Waals surface area (Å²) in [4.78, 5) is 35.1. The highest BCUT2D eigenvalue weighted by Gasteiger charge is 2.26. The molecule has 10 nitrogen and oxygen atoms in total. The summed E-state index contributed by atoms with van der Waals surface area (Å²) in [5, 5.41) is 8.02. The van der Waals surface area contributed by atoms with Gasteiger partial charge in [0.2, 0.25) is 5.95 Å². The van der Waals surface area contributed by atoms with Gasteiger partial charge in [0.1, 0.15) is 0 Å². The zero-order valence-corrected chi connectivity index (χ0v) is 25.4. The second kappa shape index (κ2) is 11.9. The Morgan fingerprint density at radius 2 is 1.47 bits per heavy atom. The highest BCUT2D eigenvalue weighted by Crippen LogP contribution is 2.24. The predicted molar refractivity (Wildman–Crippen MR) is 177 cm³/mol. The van der Waals surface area contributed by atoms with Gasteiger partial charge in [0, 0.05) is 62.4 Å². The number of aryl methyl sites for hydroxylation is 1. The number of hydrogen-bond acceptors (Lipinski definition) is 6. The monoisotopic (exact) mass is 614 g/mol. The molecule has 0 unspecified atom stereocenters. The molecule has 2 N–H and O–H groups in total. The van der Waals surface area contributed by atoms with Gasteiger partial charge in [0.25, 0.3) is 5.56 Å². The summed E-state index contributed by atoms with van der Waals surface area (Å²) in [5.74, 6) is 0.642. The molecule has 0 radical (unpaired) electrons. The Hall–Kier alpha value is -4.61. The molecule has 0 amide bonds. The Morgan fingerprint density at radius 3 is 2.14 bits per heavy atom. The van der Waals surface area contributed by atoms with Crippen molar-refractivity contribution in [3.63, 3.8) is 0 Å². The average molecular weight is 615 g/mol. The third-order valence-electron chi connectivity index (χ3n) is 7.63. The van der Waals surface area contributed by atoms with Crippen LogP contribution < -0.4 is 26.8 Å². The Balaban J connectivity index is 1.18. The van der Waals surface area contributed by atoms with Crippen LogP contribution >= 0.6 is 23.8 Å². The molecule has 0 spiro atoms. The van der Waals surface area contributed by atoms with Crippen LogP contribution in [0.5, 0.6) is 0 Å². The molecule has 1 aliphatic heterocycles. The van der Waals surface area contributed by atoms with Crippen molar-refractivity contribution in [2.24, 2.45) is 14.1 Å². The number of aromatic nitrogens is 4. The van der Waals surface area contributed by atoms with Crippen LogP contribution in [0.2, 0.25) is 5.02 Å². The first kappa shape index (κ1) is 28.5. The molecular formula is C31H31ClN8O2S. The minimum absolute atomic E-state index is 0.363. The summed E-state index contributed by atoms with van der Waals surface area (Å²) in [6.45, 7) is 3.02. The lowest BCUT2D eigenvalue weighted by Crippen LogP contribution is -2.50. The van der Waals surface area contributed by atoms with Crippen LogP contribution in [0.15, 0.2) is 88.5 Å². The molecule has 1 aliphatic rings. The van der Waals surface area contributed by atoms with Gasteiger partial charge in [-0.2, -0.15) is 4.98 Å². The number of halogens is 1. The molecular weight excluding hydrogens is 584 g/mol. The van der Waals surface area contributed by atoms with Crippen molar-refractivity contribution in [2.45, 2.75) is 6.54 Å². The second-order valence-corrected chi connectivity index (χ2v) is 11.3. The van der Waals surface area contributed by atoms with Crippen LogP contribution in [-0.4, -0.2) is 54.9 Å². The van der Waals surface area contributed by atoms with Crippen LogP contribution in [0.4, 0.5) is 23.0 Å². The molecule has 12 heteroatoms. The smallest absolute Gasteiger partial charge is 0.332 e. The molecule has 0 saturated carbocycles. The lowest BCUT2D eigenvalue weighted by Gasteiger charge is -2.36. The summed E-state index contributed by atoms with van der Waals surface area (Å²) < 4.78 is 4.45. The minimum Gasteiger partial charge on any atom is -0.356 e. The van der Waals surface area contributed by atoms with Crippen LogP contribution in [0.25, 0.3) is 11.2 Å². The van der Waals surface area contributed by atoms with Crippen molar-refractivity contribution in [2.75, 3.05) is 41.7 Å². The average Bonchev–Trinajstić information content (AvgIpc) is 3.40. The number of thiocarbonyl (C=S) groups is 1. The van der Waals surface area contributed by atoms with E-state index >= 15 is 0 Å². The van der Waals surface area contributed by atoms with Gasteiger partial charge < -0.3 is 20.4 Å². The highest BCUT2D eigenvalue weighted by atomic mass is 35.5. The quantitative estimate of drug-likeness (QED) is 0.272. The van der Waals surface area contributed by atoms with Gasteiger partial charge in [-0.1, -0.05) is 41.9 Å². The molecule has 0 atom stereocenters. The molecule has 1 saturated heterocycles. The number of rotatable bonds is 6. The van der Waals surface area contributed by atoms with Gasteiger partial charge >= 0.3 is 5.69 Å². The minimum atomic E-state index is -0.412. The van der Waals surface area contributed by atoms with E-state index in [-0.39, 0.29) is 5.56 Å². The van der Waals surface area contributed by atoms with E-state index in [1.807, 2.05) is 83.4 Å². The van der Waals surface area contributed by atoms with E-state index in [9.17, 15) is 9.59 Å². The molecule has 2 aromatic heterocycles. The number of imidazole rings is 1. The van der Waals surface area contributed by atoms with E-state index in [4.69, 9.17) is 28.8 Å². The van der Waals surface area contributed by atoms with E-state index < -0.39 is 5.69 Å². The Kier molecular flexibility index (Phi) is 7.92. The van der Waals surface area contributed by atoms with Crippen molar-refractivity contribution < 1.29 is 0 Å². The van der Waals surface area contributed by atoms with Crippen LogP contribution in [-0.2, 0) is 20.6 Å². The van der Waals surface area contributed by atoms with E-state index in [0.29, 0.717) is 60.0 Å². The predicted octanol–water partition coefficient (Wildman–Crippen LogP) is 4.40. The third kappa shape index (κ3) is 5.86. The van der Waals surface area contributed by atoms with Crippen molar-refractivity contribution in [3.8, 4) is 0 Å². The molecule has 5 aromatic rings. The Labute approximate surface area is 258 Å². The second-order valence-electron chi connectivity index (χ2n) is 10.5. The van der Waals surface area contributed by atoms with Crippen molar-refractivity contribution in [1.82, 2.24) is 23.6 Å². The Bertz CT molecular complexity index is 1890. The van der Waals surface area contributed by atoms with Crippen molar-refractivity contribution >= 4 is 63.1 Å². The maximum Gasteiger partial charge on any atom is 0.332 e. The number of nitrogens with zero attached hydrogens (tertiary/aromatic N) is 6. The third-order valence-corrected chi connectivity index (χ3v) is 8.24. The summed E-state index contributed by atoms with van der Waals surface area (Å²) in [6.07, 6.45) is 0. The zero-order chi connectivity index (χ0) is 30.1. The van der Waals surface area contributed by atoms with E-state index in [0.717, 1.165) is 27.2 Å². The maximum atomic E-state index is 13.3. The first-order valence-corrected chi connectivity index (χ1v) is 14.7. The van der Waals surface area contributed by atoms with E-state index in [1.54, 1.807) is 7.05 Å². The largest absolute Gasteiger partial charge is 0.356 e. The number of para-hydroxylation sites is 1. The van der Waals surface area contributed by atoms with Crippen molar-refractivity contribution in [1.29, 1.82) is 0 Å². The molecule has 1 fully saturated rings. The molecule has 43 heavy (non-hydrogen) atoms. The van der Waals surface area contributed by atoms with Crippen LogP contribution in [0.1, 0.15) is 5.56 Å². The van der Waals surface area contributed by atoms with Gasteiger partial charge in [0.05, 0.1) is 6.54 Å². The summed E-state index contributed by atoms with van der Waals surface area (Å²) >= 11 is 11.9. The fourth-order valence-electron chi connectivity index (χ4n) is 5.24. The van der Waals surface area contributed by atoms with Crippen molar-refractivity contribution in [3.05, 3.63) is 110 Å². The van der Waals surface area contributed by atoms with Gasteiger partial charge in [-0.25, -0.2) is 4.79 Å². The van der Waals surface area contributed by atoms with Crippen LogP contribution in [0, 0.1) is 0 Å². The zero-order valence-electron chi connectivity index (χ0n) is 23.8. The first-order chi connectivity index (χ1) is 20.8. The van der Waals surface area contributed by atoms with Gasteiger partial charge in [-0.3, -0.25) is 18.5 Å². The maximum absolute atomic E-state index is 13.3. The molecule has 3 aromatic carbocycles. The van der Waals surface area contributed by atoms with Crippen LogP contribution in [0.3, 0.4) is 0 Å². The fourth-order valence-corrected chi connectivity index (χ4v) is 5.66. The number of nitrogens with one attached hydrogen (secondary N) is 2. The van der Waals surface area contributed by atoms with Gasteiger partial charge in [-0.05, 0) is 66.3 Å². The van der Waals surface area contributed by atoms with E-state index in [1.165, 1.54) is 11.6 Å². The van der Waals surface area contributed by atoms with Gasteiger partial charge in [0.15, 0.2) is 16.3 Å². The fraction of sp³-hybridized carbons (Fsp3) is 0.226. The summed E-state index contributed by atoms with van der Waals surface area (Å²) in [5.41, 5.74) is 3.86. The molecule has 6 rings (SSSR count). The first-order valence-electron chi connectivity index (χ1n) is 13.9. The summed E-state index contributed by atoms with van der Waals surface area (Å²) in [7, 11) is 3.13. The highest BCUT2D eigenvalue weighted by molar-refractivity contribution is 7.80. The standard InChI is InChI=1S/C31H31ClN8O2S/c1-36-27-26(28(41)37(2)31(36)42)40(20-21-8-10-22(32)11-9-21)29(35-27)38-16-18-39(19-17-38)30(43)34-25-14-12-24(13-15-25)33-23-6-4-3-5-7-23/h3-15,33H,16-20H2,1-2H3,(H,34,43). The SMILES string of the molecule is Cn1c(=O)c2c(nc(N3CCN(C(=S)Nc4ccc(Nc5ccccc5)cc4)CC3)n2Cc2ccc(Cl)cc2)n(C)c1=O. The topological polar surface area (TPSA) is 92.4 Å². The summed E-state index contributed by atoms with van der Waals surface area (Å²) in [6, 6.07) is 25.5. The number of benzene rings is 3. The molecule has 3 heterocycles. The number of piperazine rings is 1. The molecule has 0 aliphatic carbocycles. The lowest BCUT2D eigenvalue weighted by atomic mass is 10.2. The van der Waals surface area contributed by atoms with Gasteiger partial charge in [-0.15, -0.1) is 0 Å².